The van der Waals surface area contributed by atoms with Gasteiger partial charge in [-0.2, -0.15) is 0 Å². The van der Waals surface area contributed by atoms with E-state index in [0.29, 0.717) is 24.7 Å². The summed E-state index contributed by atoms with van der Waals surface area (Å²) in [5.41, 5.74) is 9.08. The van der Waals surface area contributed by atoms with Gasteiger partial charge in [0.1, 0.15) is 13.2 Å². The van der Waals surface area contributed by atoms with E-state index in [1.807, 2.05) is 0 Å². The Morgan fingerprint density at radius 3 is 2.55 bits per heavy atom. The van der Waals surface area contributed by atoms with Crippen LogP contribution >= 0.6 is 0 Å². The molecule has 1 spiro atoms. The van der Waals surface area contributed by atoms with Gasteiger partial charge in [-0.05, 0) is 43.0 Å². The van der Waals surface area contributed by atoms with E-state index in [4.69, 9.17) is 15.2 Å². The Kier molecular flexibility index (Phi) is 3.54. The van der Waals surface area contributed by atoms with Crippen molar-refractivity contribution >= 4 is 0 Å². The van der Waals surface area contributed by atoms with E-state index < -0.39 is 0 Å². The minimum atomic E-state index is 0.298. The molecule has 2 aliphatic heterocycles. The third-order valence-corrected chi connectivity index (χ3v) is 5.77. The topological polar surface area (TPSA) is 47.7 Å². The van der Waals surface area contributed by atoms with Crippen molar-refractivity contribution in [1.82, 2.24) is 4.90 Å². The van der Waals surface area contributed by atoms with E-state index in [1.165, 1.54) is 36.8 Å². The Morgan fingerprint density at radius 2 is 1.86 bits per heavy atom. The highest BCUT2D eigenvalue weighted by Gasteiger charge is 2.44. The van der Waals surface area contributed by atoms with Crippen LogP contribution in [-0.4, -0.2) is 37.7 Å². The first-order valence-electron chi connectivity index (χ1n) is 8.62. The number of hydrogen-bond donors (Lipinski definition) is 1. The zero-order valence-corrected chi connectivity index (χ0v) is 13.4. The van der Waals surface area contributed by atoms with Gasteiger partial charge in [-0.25, -0.2) is 0 Å². The molecule has 2 heterocycles. The maximum atomic E-state index is 5.85. The van der Waals surface area contributed by atoms with E-state index in [2.05, 4.69) is 24.0 Å². The lowest BCUT2D eigenvalue weighted by atomic mass is 9.71. The number of benzene rings is 1. The molecule has 1 saturated carbocycles. The van der Waals surface area contributed by atoms with Gasteiger partial charge in [0.2, 0.25) is 0 Å². The predicted octanol–water partition coefficient (Wildman–Crippen LogP) is 2.60. The predicted molar refractivity (Wildman–Crippen MR) is 86.6 cm³/mol. The van der Waals surface area contributed by atoms with Gasteiger partial charge in [0.05, 0.1) is 0 Å². The lowest BCUT2D eigenvalue weighted by molar-refractivity contribution is 0.135. The second kappa shape index (κ2) is 5.43. The minimum Gasteiger partial charge on any atom is -0.486 e. The fourth-order valence-electron chi connectivity index (χ4n) is 4.63. The van der Waals surface area contributed by atoms with E-state index in [1.54, 1.807) is 0 Å². The van der Waals surface area contributed by atoms with E-state index in [0.717, 1.165) is 31.1 Å². The largest absolute Gasteiger partial charge is 0.486 e. The van der Waals surface area contributed by atoms with Crippen LogP contribution in [-0.2, 0) is 5.41 Å². The molecule has 0 saturated heterocycles. The number of nitrogens with zero attached hydrogens (tertiary/aromatic N) is 1. The standard InChI is InChI=1S/C18H26N2O2/c1-13-14-10-16-17(22-9-8-21-16)11-15(14)18(4-2-3-5-18)12-20(13)7-6-19/h10-11,13H,2-9,12,19H2,1H3. The van der Waals surface area contributed by atoms with Crippen LogP contribution in [0.15, 0.2) is 12.1 Å². The van der Waals surface area contributed by atoms with Gasteiger partial charge in [0.25, 0.3) is 0 Å². The molecule has 1 aromatic carbocycles. The van der Waals surface area contributed by atoms with Crippen molar-refractivity contribution < 1.29 is 9.47 Å². The Hall–Kier alpha value is -1.26. The van der Waals surface area contributed by atoms with E-state index in [-0.39, 0.29) is 0 Å². The van der Waals surface area contributed by atoms with Crippen molar-refractivity contribution in [3.05, 3.63) is 23.3 Å². The van der Waals surface area contributed by atoms with Crippen LogP contribution in [0, 0.1) is 0 Å². The van der Waals surface area contributed by atoms with Crippen molar-refractivity contribution in [2.45, 2.75) is 44.1 Å². The number of fused-ring (bicyclic) bond motifs is 3. The summed E-state index contributed by atoms with van der Waals surface area (Å²) in [6, 6.07) is 4.92. The lowest BCUT2D eigenvalue weighted by Crippen LogP contribution is -2.47. The summed E-state index contributed by atoms with van der Waals surface area (Å²) in [6.45, 7) is 6.44. The first kappa shape index (κ1) is 14.3. The fraction of sp³-hybridized carbons (Fsp3) is 0.667. The van der Waals surface area contributed by atoms with Gasteiger partial charge in [0, 0.05) is 31.1 Å². The first-order valence-corrected chi connectivity index (χ1v) is 8.62. The van der Waals surface area contributed by atoms with Crippen LogP contribution in [0.4, 0.5) is 0 Å². The Balaban J connectivity index is 1.83. The van der Waals surface area contributed by atoms with Gasteiger partial charge in [0.15, 0.2) is 11.5 Å². The quantitative estimate of drug-likeness (QED) is 0.912. The second-order valence-corrected chi connectivity index (χ2v) is 7.01. The molecule has 1 fully saturated rings. The molecular weight excluding hydrogens is 276 g/mol. The van der Waals surface area contributed by atoms with E-state index in [9.17, 15) is 0 Å². The summed E-state index contributed by atoms with van der Waals surface area (Å²) in [6.07, 6.45) is 5.23. The molecule has 1 aliphatic carbocycles. The molecule has 4 heteroatoms. The molecule has 1 unspecified atom stereocenters. The van der Waals surface area contributed by atoms with Gasteiger partial charge >= 0.3 is 0 Å². The zero-order valence-electron chi connectivity index (χ0n) is 13.4. The molecule has 0 amide bonds. The Bertz CT molecular complexity index is 566. The van der Waals surface area contributed by atoms with Gasteiger partial charge in [-0.3, -0.25) is 4.90 Å². The monoisotopic (exact) mass is 302 g/mol. The highest BCUT2D eigenvalue weighted by atomic mass is 16.6. The lowest BCUT2D eigenvalue weighted by Gasteiger charge is -2.46. The van der Waals surface area contributed by atoms with Crippen molar-refractivity contribution in [2.75, 3.05) is 32.8 Å². The van der Waals surface area contributed by atoms with E-state index >= 15 is 0 Å². The number of nitrogens with two attached hydrogens (primary N) is 1. The third-order valence-electron chi connectivity index (χ3n) is 5.77. The molecule has 0 radical (unpaired) electrons. The number of ether oxygens (including phenoxy) is 2. The average Bonchev–Trinajstić information content (AvgIpc) is 3.01. The first-order chi connectivity index (χ1) is 10.7. The summed E-state index contributed by atoms with van der Waals surface area (Å²) in [7, 11) is 0. The SMILES string of the molecule is CC1c2cc3c(cc2C2(CCCC2)CN1CCN)OCCO3. The fourth-order valence-corrected chi connectivity index (χ4v) is 4.63. The molecule has 22 heavy (non-hydrogen) atoms. The molecule has 3 aliphatic rings. The highest BCUT2D eigenvalue weighted by Crippen LogP contribution is 2.51. The molecule has 4 nitrogen and oxygen atoms in total. The van der Waals surface area contributed by atoms with Crippen LogP contribution in [0.1, 0.15) is 49.8 Å². The second-order valence-electron chi connectivity index (χ2n) is 7.01. The van der Waals surface area contributed by atoms with Gasteiger partial charge in [-0.1, -0.05) is 12.8 Å². The Labute approximate surface area is 132 Å². The molecule has 0 aromatic heterocycles. The maximum Gasteiger partial charge on any atom is 0.161 e. The summed E-state index contributed by atoms with van der Waals surface area (Å²) < 4.78 is 11.7. The van der Waals surface area contributed by atoms with Crippen molar-refractivity contribution in [3.8, 4) is 11.5 Å². The van der Waals surface area contributed by atoms with Crippen LogP contribution in [0.2, 0.25) is 0 Å². The normalized spacial score (nSPS) is 26.2. The highest BCUT2D eigenvalue weighted by molar-refractivity contribution is 5.53. The number of rotatable bonds is 2. The van der Waals surface area contributed by atoms with Gasteiger partial charge < -0.3 is 15.2 Å². The molecule has 1 aromatic rings. The number of hydrogen-bond acceptors (Lipinski definition) is 4. The van der Waals surface area contributed by atoms with Crippen LogP contribution in [0.3, 0.4) is 0 Å². The van der Waals surface area contributed by atoms with Crippen molar-refractivity contribution in [2.24, 2.45) is 5.73 Å². The molecule has 4 rings (SSSR count). The van der Waals surface area contributed by atoms with Crippen LogP contribution in [0.5, 0.6) is 11.5 Å². The molecule has 1 atom stereocenters. The summed E-state index contributed by atoms with van der Waals surface area (Å²) in [4.78, 5) is 2.56. The molecular formula is C18H26N2O2. The smallest absolute Gasteiger partial charge is 0.161 e. The van der Waals surface area contributed by atoms with Crippen LogP contribution < -0.4 is 15.2 Å². The minimum absolute atomic E-state index is 0.298. The zero-order chi connectivity index (χ0) is 15.2. The third kappa shape index (κ3) is 2.12. The summed E-state index contributed by atoms with van der Waals surface area (Å²) in [5, 5.41) is 0. The maximum absolute atomic E-state index is 5.85. The summed E-state index contributed by atoms with van der Waals surface area (Å²) in [5.74, 6) is 1.86. The average molecular weight is 302 g/mol. The van der Waals surface area contributed by atoms with Crippen molar-refractivity contribution in [1.29, 1.82) is 0 Å². The van der Waals surface area contributed by atoms with Gasteiger partial charge in [-0.15, -0.1) is 0 Å². The Morgan fingerprint density at radius 1 is 1.18 bits per heavy atom. The molecule has 0 bridgehead atoms. The molecule has 2 N–H and O–H groups in total. The van der Waals surface area contributed by atoms with Crippen LogP contribution in [0.25, 0.3) is 0 Å². The van der Waals surface area contributed by atoms with Crippen molar-refractivity contribution in [3.63, 3.8) is 0 Å². The summed E-state index contributed by atoms with van der Waals surface area (Å²) >= 11 is 0. The molecule has 120 valence electrons.